The lowest BCUT2D eigenvalue weighted by molar-refractivity contribution is -0.118. The summed E-state index contributed by atoms with van der Waals surface area (Å²) in [5.41, 5.74) is 1.76. The predicted molar refractivity (Wildman–Crippen MR) is 106 cm³/mol. The van der Waals surface area contributed by atoms with Gasteiger partial charge >= 0.3 is 0 Å². The number of methoxy groups -OCH3 is 1. The van der Waals surface area contributed by atoms with Gasteiger partial charge in [-0.1, -0.05) is 23.9 Å². The fraction of sp³-hybridized carbons (Fsp3) is 0.250. The van der Waals surface area contributed by atoms with Crippen molar-refractivity contribution in [2.45, 2.75) is 18.7 Å². The zero-order valence-electron chi connectivity index (χ0n) is 15.7. The molecule has 3 rings (SSSR count). The average Bonchev–Trinajstić information content (AvgIpc) is 3.21. The van der Waals surface area contributed by atoms with Crippen LogP contribution in [0.5, 0.6) is 11.5 Å². The average molecular weight is 399 g/mol. The Labute approximate surface area is 167 Å². The smallest absolute Gasteiger partial charge is 0.277 e. The van der Waals surface area contributed by atoms with E-state index in [4.69, 9.17) is 13.9 Å². The number of hydrogen-bond donors (Lipinski definition) is 1. The van der Waals surface area contributed by atoms with E-state index in [1.807, 2.05) is 55.5 Å². The minimum atomic E-state index is -0.117. The van der Waals surface area contributed by atoms with Gasteiger partial charge in [0.25, 0.3) is 5.22 Å². The largest absolute Gasteiger partial charge is 0.497 e. The highest BCUT2D eigenvalue weighted by Gasteiger charge is 2.11. The molecule has 8 heteroatoms. The van der Waals surface area contributed by atoms with E-state index in [1.54, 1.807) is 7.11 Å². The van der Waals surface area contributed by atoms with Crippen LogP contribution in [-0.4, -0.2) is 35.6 Å². The Morgan fingerprint density at radius 1 is 1.14 bits per heavy atom. The Kier molecular flexibility index (Phi) is 6.91. The van der Waals surface area contributed by atoms with E-state index in [2.05, 4.69) is 15.5 Å². The first kappa shape index (κ1) is 19.8. The number of benzene rings is 2. The number of ether oxygens (including phenoxy) is 2. The molecule has 1 N–H and O–H groups in total. The van der Waals surface area contributed by atoms with Gasteiger partial charge in [0.05, 0.1) is 19.5 Å². The third-order valence-electron chi connectivity index (χ3n) is 3.77. The van der Waals surface area contributed by atoms with Gasteiger partial charge < -0.3 is 19.2 Å². The van der Waals surface area contributed by atoms with Crippen LogP contribution in [0.4, 0.5) is 0 Å². The Morgan fingerprint density at radius 2 is 1.96 bits per heavy atom. The quantitative estimate of drug-likeness (QED) is 0.551. The van der Waals surface area contributed by atoms with Crippen LogP contribution in [0.3, 0.4) is 0 Å². The second-order valence-corrected chi connectivity index (χ2v) is 6.67. The number of thioether (sulfide) groups is 1. The van der Waals surface area contributed by atoms with Gasteiger partial charge in [0, 0.05) is 12.1 Å². The van der Waals surface area contributed by atoms with Gasteiger partial charge in [-0.2, -0.15) is 0 Å². The lowest BCUT2D eigenvalue weighted by atomic mass is 10.2. The van der Waals surface area contributed by atoms with Crippen LogP contribution in [0.25, 0.3) is 11.5 Å². The molecule has 0 unspecified atom stereocenters. The van der Waals surface area contributed by atoms with Crippen molar-refractivity contribution in [2.75, 3.05) is 19.5 Å². The molecule has 0 saturated carbocycles. The molecule has 3 aromatic rings. The number of hydrogen-bond acceptors (Lipinski definition) is 7. The fourth-order valence-corrected chi connectivity index (χ4v) is 3.00. The molecule has 1 amide bonds. The number of amides is 1. The number of aromatic nitrogens is 2. The maximum atomic E-state index is 12.1. The van der Waals surface area contributed by atoms with Crippen molar-refractivity contribution >= 4 is 17.7 Å². The monoisotopic (exact) mass is 399 g/mol. The molecule has 28 heavy (non-hydrogen) atoms. The lowest BCUT2D eigenvalue weighted by Crippen LogP contribution is -2.24. The molecule has 0 aliphatic rings. The molecule has 146 valence electrons. The Hall–Kier alpha value is -3.00. The van der Waals surface area contributed by atoms with Crippen LogP contribution in [0.2, 0.25) is 0 Å². The summed E-state index contributed by atoms with van der Waals surface area (Å²) in [4.78, 5) is 12.1. The molecule has 0 radical (unpaired) electrons. The van der Waals surface area contributed by atoms with E-state index in [1.165, 1.54) is 11.8 Å². The summed E-state index contributed by atoms with van der Waals surface area (Å²) in [5.74, 6) is 2.02. The maximum Gasteiger partial charge on any atom is 0.277 e. The summed E-state index contributed by atoms with van der Waals surface area (Å²) < 4.78 is 16.2. The highest BCUT2D eigenvalue weighted by Crippen LogP contribution is 2.24. The molecule has 0 aliphatic carbocycles. The Balaban J connectivity index is 1.48. The summed E-state index contributed by atoms with van der Waals surface area (Å²) in [5, 5.41) is 11.2. The molecule has 2 aromatic carbocycles. The van der Waals surface area contributed by atoms with Crippen molar-refractivity contribution in [1.82, 2.24) is 15.5 Å². The molecule has 0 aliphatic heterocycles. The summed E-state index contributed by atoms with van der Waals surface area (Å²) in [6, 6.07) is 15.0. The number of nitrogens with zero attached hydrogens (tertiary/aromatic N) is 2. The van der Waals surface area contributed by atoms with Gasteiger partial charge in [-0.15, -0.1) is 10.2 Å². The first-order valence-corrected chi connectivity index (χ1v) is 9.75. The van der Waals surface area contributed by atoms with Crippen molar-refractivity contribution in [2.24, 2.45) is 0 Å². The summed E-state index contributed by atoms with van der Waals surface area (Å²) >= 11 is 1.20. The summed E-state index contributed by atoms with van der Waals surface area (Å²) in [6.45, 7) is 2.97. The van der Waals surface area contributed by atoms with Gasteiger partial charge in [-0.05, 0) is 48.9 Å². The highest BCUT2D eigenvalue weighted by atomic mass is 32.2. The molecule has 0 bridgehead atoms. The molecule has 0 atom stereocenters. The van der Waals surface area contributed by atoms with E-state index in [-0.39, 0.29) is 11.7 Å². The molecule has 0 spiro atoms. The van der Waals surface area contributed by atoms with Crippen molar-refractivity contribution in [3.8, 4) is 23.0 Å². The highest BCUT2D eigenvalue weighted by molar-refractivity contribution is 7.99. The molecule has 0 saturated heterocycles. The topological polar surface area (TPSA) is 86.5 Å². The third kappa shape index (κ3) is 5.50. The van der Waals surface area contributed by atoms with E-state index in [9.17, 15) is 4.79 Å². The predicted octanol–water partition coefficient (Wildman–Crippen LogP) is 3.55. The number of carbonyl (C=O) groups is 1. The van der Waals surface area contributed by atoms with Crippen molar-refractivity contribution in [1.29, 1.82) is 0 Å². The summed E-state index contributed by atoms with van der Waals surface area (Å²) in [7, 11) is 1.61. The maximum absolute atomic E-state index is 12.1. The second-order valence-electron chi connectivity index (χ2n) is 5.75. The second kappa shape index (κ2) is 9.80. The molecule has 1 aromatic heterocycles. The van der Waals surface area contributed by atoms with Gasteiger partial charge in [0.2, 0.25) is 11.8 Å². The van der Waals surface area contributed by atoms with E-state index in [0.29, 0.717) is 24.3 Å². The van der Waals surface area contributed by atoms with Gasteiger partial charge in [0.1, 0.15) is 11.5 Å². The number of rotatable bonds is 9. The van der Waals surface area contributed by atoms with Crippen molar-refractivity contribution in [3.05, 3.63) is 54.1 Å². The standard InChI is InChI=1S/C20H21N3O4S/c1-3-26-16-9-7-15(8-10-16)19-22-23-20(27-19)28-13-18(24)21-12-14-5-4-6-17(11-14)25-2/h4-11H,3,12-13H2,1-2H3,(H,21,24). The SMILES string of the molecule is CCOc1ccc(-c2nnc(SCC(=O)NCc3cccc(OC)c3)o2)cc1. The number of carbonyl (C=O) groups excluding carboxylic acids is 1. The van der Waals surface area contributed by atoms with E-state index in [0.717, 1.165) is 22.6 Å². The molecule has 1 heterocycles. The van der Waals surface area contributed by atoms with Crippen LogP contribution in [0.1, 0.15) is 12.5 Å². The van der Waals surface area contributed by atoms with Crippen molar-refractivity contribution in [3.63, 3.8) is 0 Å². The molecular formula is C20H21N3O4S. The van der Waals surface area contributed by atoms with Crippen molar-refractivity contribution < 1.29 is 18.7 Å². The normalized spacial score (nSPS) is 10.5. The van der Waals surface area contributed by atoms with Gasteiger partial charge in [-0.25, -0.2) is 0 Å². The number of nitrogens with one attached hydrogen (secondary N) is 1. The fourth-order valence-electron chi connectivity index (χ4n) is 2.41. The summed E-state index contributed by atoms with van der Waals surface area (Å²) in [6.07, 6.45) is 0. The lowest BCUT2D eigenvalue weighted by Gasteiger charge is -2.06. The minimum Gasteiger partial charge on any atom is -0.497 e. The van der Waals surface area contributed by atoms with Crippen LogP contribution in [-0.2, 0) is 11.3 Å². The molecule has 7 nitrogen and oxygen atoms in total. The zero-order chi connectivity index (χ0) is 19.8. The molecular weight excluding hydrogens is 378 g/mol. The van der Waals surface area contributed by atoms with Gasteiger partial charge in [-0.3, -0.25) is 4.79 Å². The van der Waals surface area contributed by atoms with Crippen LogP contribution in [0.15, 0.2) is 58.2 Å². The van der Waals surface area contributed by atoms with E-state index < -0.39 is 0 Å². The van der Waals surface area contributed by atoms with Crippen LogP contribution < -0.4 is 14.8 Å². The minimum absolute atomic E-state index is 0.117. The van der Waals surface area contributed by atoms with E-state index >= 15 is 0 Å². The van der Waals surface area contributed by atoms with Crippen LogP contribution in [0, 0.1) is 0 Å². The Bertz CT molecular complexity index is 912. The van der Waals surface area contributed by atoms with Gasteiger partial charge in [0.15, 0.2) is 0 Å². The first-order chi connectivity index (χ1) is 13.7. The zero-order valence-corrected chi connectivity index (χ0v) is 16.5. The first-order valence-electron chi connectivity index (χ1n) is 8.77. The third-order valence-corrected chi connectivity index (χ3v) is 4.59. The Morgan fingerprint density at radius 3 is 2.71 bits per heavy atom. The molecule has 0 fully saturated rings. The van der Waals surface area contributed by atoms with Crippen LogP contribution >= 0.6 is 11.8 Å².